The first-order chi connectivity index (χ1) is 23.6. The van der Waals surface area contributed by atoms with Gasteiger partial charge in [0.15, 0.2) is 0 Å². The monoisotopic (exact) mass is 654 g/mol. The number of thiazole rings is 2. The second-order valence-electron chi connectivity index (χ2n) is 12.0. The van der Waals surface area contributed by atoms with E-state index in [1.807, 2.05) is 12.1 Å². The average Bonchev–Trinajstić information content (AvgIpc) is 3.88. The summed E-state index contributed by atoms with van der Waals surface area (Å²) in [5.74, 6) is 0. The molecule has 230 valence electrons. The van der Waals surface area contributed by atoms with Crippen LogP contribution in [0.5, 0.6) is 0 Å². The van der Waals surface area contributed by atoms with Crippen molar-refractivity contribution in [2.75, 3.05) is 0 Å². The minimum atomic E-state index is 1.01. The van der Waals surface area contributed by atoms with Gasteiger partial charge in [0, 0.05) is 47.0 Å². The summed E-state index contributed by atoms with van der Waals surface area (Å²) in [6, 6.07) is 43.0. The van der Waals surface area contributed by atoms with Crippen LogP contribution in [-0.2, 0) is 14.1 Å². The van der Waals surface area contributed by atoms with E-state index in [1.54, 1.807) is 22.7 Å². The average molecular weight is 655 g/mol. The van der Waals surface area contributed by atoms with Gasteiger partial charge in [-0.25, -0.2) is 9.97 Å². The molecule has 0 spiro atoms. The number of hydrogen-bond acceptors (Lipinski definition) is 4. The number of hydrogen-bond donors (Lipinski definition) is 0. The van der Waals surface area contributed by atoms with Gasteiger partial charge in [-0.1, -0.05) is 84.9 Å². The Morgan fingerprint density at radius 3 is 1.29 bits per heavy atom. The molecule has 0 aliphatic rings. The maximum Gasteiger partial charge on any atom is 0.117 e. The van der Waals surface area contributed by atoms with Crippen molar-refractivity contribution in [3.05, 3.63) is 142 Å². The number of nitrogens with zero attached hydrogens (tertiary/aromatic N) is 4. The van der Waals surface area contributed by atoms with Crippen LogP contribution >= 0.6 is 22.7 Å². The van der Waals surface area contributed by atoms with E-state index in [4.69, 9.17) is 9.97 Å². The topological polar surface area (TPSA) is 35.6 Å². The summed E-state index contributed by atoms with van der Waals surface area (Å²) in [5.41, 5.74) is 11.6. The van der Waals surface area contributed by atoms with Crippen LogP contribution in [0.15, 0.2) is 121 Å². The van der Waals surface area contributed by atoms with Gasteiger partial charge in [-0.05, 0) is 71.8 Å². The number of aryl methyl sites for hydroxylation is 2. The Labute approximate surface area is 286 Å². The third-order valence-corrected chi connectivity index (χ3v) is 11.1. The smallest absolute Gasteiger partial charge is 0.117 e. The van der Waals surface area contributed by atoms with Crippen molar-refractivity contribution in [1.82, 2.24) is 19.1 Å². The molecule has 6 heteroatoms. The lowest BCUT2D eigenvalue weighted by Gasteiger charge is -2.10. The molecule has 0 atom stereocenters. The molecule has 0 radical (unpaired) electrons. The fourth-order valence-electron chi connectivity index (χ4n) is 6.90. The molecule has 9 rings (SSSR count). The highest BCUT2D eigenvalue weighted by Crippen LogP contribution is 2.39. The first-order valence-electron chi connectivity index (χ1n) is 16.0. The summed E-state index contributed by atoms with van der Waals surface area (Å²) >= 11 is 3.44. The van der Waals surface area contributed by atoms with Crippen molar-refractivity contribution in [3.8, 4) is 22.5 Å². The third-order valence-electron chi connectivity index (χ3n) is 9.13. The van der Waals surface area contributed by atoms with E-state index in [-0.39, 0.29) is 0 Å². The zero-order valence-corrected chi connectivity index (χ0v) is 28.1. The van der Waals surface area contributed by atoms with Crippen LogP contribution in [0.4, 0.5) is 0 Å². The summed E-state index contributed by atoms with van der Waals surface area (Å²) in [5, 5.41) is 4.47. The summed E-state index contributed by atoms with van der Waals surface area (Å²) < 4.78 is 7.03. The molecule has 4 aromatic heterocycles. The molecule has 0 amide bonds. The van der Waals surface area contributed by atoms with E-state index < -0.39 is 0 Å². The van der Waals surface area contributed by atoms with E-state index in [0.29, 0.717) is 0 Å². The number of aromatic nitrogens is 4. The van der Waals surface area contributed by atoms with Gasteiger partial charge in [-0.15, -0.1) is 22.7 Å². The Morgan fingerprint density at radius 2 is 0.854 bits per heavy atom. The highest BCUT2D eigenvalue weighted by Gasteiger charge is 2.18. The minimum absolute atomic E-state index is 1.01. The Morgan fingerprint density at radius 1 is 0.458 bits per heavy atom. The van der Waals surface area contributed by atoms with Crippen LogP contribution in [0.2, 0.25) is 0 Å². The van der Waals surface area contributed by atoms with Crippen LogP contribution < -0.4 is 0 Å². The van der Waals surface area contributed by atoms with E-state index in [0.717, 1.165) is 21.0 Å². The number of benzene rings is 5. The molecule has 0 fully saturated rings. The zero-order chi connectivity index (χ0) is 32.2. The van der Waals surface area contributed by atoms with Crippen molar-refractivity contribution in [1.29, 1.82) is 0 Å². The van der Waals surface area contributed by atoms with Crippen molar-refractivity contribution in [3.63, 3.8) is 0 Å². The third kappa shape index (κ3) is 4.80. The van der Waals surface area contributed by atoms with E-state index in [2.05, 4.69) is 157 Å². The normalized spacial score (nSPS) is 12.2. The Hall–Kier alpha value is -5.56. The van der Waals surface area contributed by atoms with Crippen LogP contribution in [0.1, 0.15) is 21.1 Å². The SMILES string of the molecule is Cn1c(-c2ccc(-c3c(/C=C/c4nc5ccccc5s4)c4ccccc4n3C)cc2)c(/C=C/c2nc3ccccc3s2)c2ccccc21. The quantitative estimate of drug-likeness (QED) is 0.179. The van der Waals surface area contributed by atoms with Crippen molar-refractivity contribution in [2.24, 2.45) is 14.1 Å². The standard InChI is InChI=1S/C42H30N4S2/c1-45-35-15-7-3-11-29(35)31(23-25-39-43-33-13-5-9-17-37(33)47-39)41(45)27-19-21-28(22-20-27)42-32(30-12-4-8-16-36(30)46(42)2)24-26-40-44-34-14-6-10-18-38(34)48-40/h3-26H,1-2H3/b25-23+,26-24+. The van der Waals surface area contributed by atoms with Gasteiger partial charge in [-0.2, -0.15) is 0 Å². The molecule has 0 aliphatic carbocycles. The highest BCUT2D eigenvalue weighted by molar-refractivity contribution is 7.19. The highest BCUT2D eigenvalue weighted by atomic mass is 32.1. The largest absolute Gasteiger partial charge is 0.343 e. The second-order valence-corrected chi connectivity index (χ2v) is 14.1. The number of para-hydroxylation sites is 4. The molecule has 9 aromatic rings. The summed E-state index contributed by atoms with van der Waals surface area (Å²) in [7, 11) is 4.32. The molecule has 4 heterocycles. The lowest BCUT2D eigenvalue weighted by Crippen LogP contribution is -1.95. The molecule has 0 unspecified atom stereocenters. The van der Waals surface area contributed by atoms with E-state index in [1.165, 1.54) is 64.8 Å². The Kier molecular flexibility index (Phi) is 6.92. The number of fused-ring (bicyclic) bond motifs is 4. The fourth-order valence-corrected chi connectivity index (χ4v) is 8.64. The predicted octanol–water partition coefficient (Wildman–Crippen LogP) is 11.6. The summed E-state index contributed by atoms with van der Waals surface area (Å²) in [6.07, 6.45) is 8.78. The van der Waals surface area contributed by atoms with Gasteiger partial charge in [0.25, 0.3) is 0 Å². The van der Waals surface area contributed by atoms with Gasteiger partial charge < -0.3 is 9.13 Å². The van der Waals surface area contributed by atoms with Gasteiger partial charge in [-0.3, -0.25) is 0 Å². The molecule has 4 nitrogen and oxygen atoms in total. The van der Waals surface area contributed by atoms with Crippen LogP contribution in [0, 0.1) is 0 Å². The number of rotatable bonds is 6. The first kappa shape index (κ1) is 28.6. The maximum absolute atomic E-state index is 4.86. The van der Waals surface area contributed by atoms with E-state index in [9.17, 15) is 0 Å². The van der Waals surface area contributed by atoms with Crippen LogP contribution in [0.25, 0.3) is 89.1 Å². The molecule has 5 aromatic carbocycles. The zero-order valence-electron chi connectivity index (χ0n) is 26.5. The predicted molar refractivity (Wildman–Crippen MR) is 207 cm³/mol. The molecule has 0 bridgehead atoms. The molecule has 0 aliphatic heterocycles. The summed E-state index contributed by atoms with van der Waals surface area (Å²) in [6.45, 7) is 0. The van der Waals surface area contributed by atoms with Gasteiger partial charge >= 0.3 is 0 Å². The Bertz CT molecular complexity index is 2440. The Balaban J connectivity index is 1.14. The second kappa shape index (κ2) is 11.6. The first-order valence-corrected chi connectivity index (χ1v) is 17.6. The van der Waals surface area contributed by atoms with Crippen molar-refractivity contribution >= 4 is 89.2 Å². The van der Waals surface area contributed by atoms with Gasteiger partial charge in [0.2, 0.25) is 0 Å². The fraction of sp³-hybridized carbons (Fsp3) is 0.0476. The maximum atomic E-state index is 4.86. The molecular weight excluding hydrogens is 625 g/mol. The molecule has 48 heavy (non-hydrogen) atoms. The van der Waals surface area contributed by atoms with Crippen LogP contribution in [-0.4, -0.2) is 19.1 Å². The summed E-state index contributed by atoms with van der Waals surface area (Å²) in [4.78, 5) is 9.71. The lowest BCUT2D eigenvalue weighted by molar-refractivity contribution is 0.974. The van der Waals surface area contributed by atoms with Crippen molar-refractivity contribution in [2.45, 2.75) is 0 Å². The van der Waals surface area contributed by atoms with Gasteiger partial charge in [0.05, 0.1) is 31.8 Å². The van der Waals surface area contributed by atoms with Gasteiger partial charge in [0.1, 0.15) is 10.0 Å². The molecular formula is C42H30N4S2. The van der Waals surface area contributed by atoms with E-state index >= 15 is 0 Å². The minimum Gasteiger partial charge on any atom is -0.343 e. The lowest BCUT2D eigenvalue weighted by atomic mass is 10.00. The molecule has 0 saturated heterocycles. The van der Waals surface area contributed by atoms with Crippen molar-refractivity contribution < 1.29 is 0 Å². The molecule has 0 saturated carbocycles. The molecule has 0 N–H and O–H groups in total. The van der Waals surface area contributed by atoms with Crippen LogP contribution in [0.3, 0.4) is 0 Å².